The summed E-state index contributed by atoms with van der Waals surface area (Å²) in [7, 11) is 0. The molecule has 2 aromatic heterocycles. The SMILES string of the molecule is Cc1ocnc1C(=O)N1CCC[C@H](c2ccnc(=O)[nH]2)C1. The molecule has 1 fully saturated rings. The number of nitrogens with one attached hydrogen (secondary N) is 1. The molecule has 21 heavy (non-hydrogen) atoms. The van der Waals surface area contributed by atoms with Crippen LogP contribution in [0.15, 0.2) is 27.9 Å². The van der Waals surface area contributed by atoms with Gasteiger partial charge < -0.3 is 14.3 Å². The summed E-state index contributed by atoms with van der Waals surface area (Å²) in [6.07, 6.45) is 4.60. The van der Waals surface area contributed by atoms with Crippen molar-refractivity contribution in [1.82, 2.24) is 19.9 Å². The number of hydrogen-bond donors (Lipinski definition) is 1. The monoisotopic (exact) mass is 288 g/mol. The third kappa shape index (κ3) is 2.72. The minimum atomic E-state index is -0.358. The van der Waals surface area contributed by atoms with Crippen molar-refractivity contribution in [3.8, 4) is 0 Å². The van der Waals surface area contributed by atoms with Crippen LogP contribution in [0.3, 0.4) is 0 Å². The molecule has 1 aliphatic heterocycles. The molecule has 0 radical (unpaired) electrons. The second-order valence-electron chi connectivity index (χ2n) is 5.18. The van der Waals surface area contributed by atoms with Gasteiger partial charge in [0.05, 0.1) is 0 Å². The lowest BCUT2D eigenvalue weighted by Gasteiger charge is -2.32. The standard InChI is InChI=1S/C14H16N4O3/c1-9-12(16-8-21-9)13(19)18-6-2-3-10(7-18)11-4-5-15-14(20)17-11/h4-5,8,10H,2-3,6-7H2,1H3,(H,15,17,20)/t10-/m0/s1. The Bertz CT molecular complexity index is 706. The Hall–Kier alpha value is -2.44. The molecule has 3 heterocycles. The molecule has 0 spiro atoms. The van der Waals surface area contributed by atoms with Gasteiger partial charge in [-0.25, -0.2) is 14.8 Å². The van der Waals surface area contributed by atoms with E-state index in [0.717, 1.165) is 18.5 Å². The number of piperidine rings is 1. The van der Waals surface area contributed by atoms with Crippen molar-refractivity contribution < 1.29 is 9.21 Å². The summed E-state index contributed by atoms with van der Waals surface area (Å²) in [6, 6.07) is 1.79. The Morgan fingerprint density at radius 1 is 1.48 bits per heavy atom. The van der Waals surface area contributed by atoms with Crippen LogP contribution >= 0.6 is 0 Å². The zero-order valence-electron chi connectivity index (χ0n) is 11.7. The molecule has 0 bridgehead atoms. The van der Waals surface area contributed by atoms with E-state index < -0.39 is 0 Å². The smallest absolute Gasteiger partial charge is 0.345 e. The lowest BCUT2D eigenvalue weighted by Crippen LogP contribution is -2.40. The second kappa shape index (κ2) is 5.51. The van der Waals surface area contributed by atoms with Crippen molar-refractivity contribution in [3.63, 3.8) is 0 Å². The van der Waals surface area contributed by atoms with E-state index in [0.29, 0.717) is 24.5 Å². The van der Waals surface area contributed by atoms with Gasteiger partial charge in [0.1, 0.15) is 5.76 Å². The lowest BCUT2D eigenvalue weighted by molar-refractivity contribution is 0.0698. The van der Waals surface area contributed by atoms with Crippen molar-refractivity contribution >= 4 is 5.91 Å². The molecule has 0 saturated carbocycles. The number of carbonyl (C=O) groups is 1. The summed E-state index contributed by atoms with van der Waals surface area (Å²) in [4.78, 5) is 35.9. The first-order valence-electron chi connectivity index (χ1n) is 6.89. The highest BCUT2D eigenvalue weighted by molar-refractivity contribution is 5.93. The second-order valence-corrected chi connectivity index (χ2v) is 5.18. The Morgan fingerprint density at radius 2 is 2.33 bits per heavy atom. The minimum Gasteiger partial charge on any atom is -0.448 e. The Morgan fingerprint density at radius 3 is 3.05 bits per heavy atom. The molecule has 2 aromatic rings. The van der Waals surface area contributed by atoms with Crippen LogP contribution in [0.5, 0.6) is 0 Å². The number of aryl methyl sites for hydroxylation is 1. The molecule has 1 amide bonds. The predicted molar refractivity (Wildman–Crippen MR) is 74.0 cm³/mol. The maximum absolute atomic E-state index is 12.4. The van der Waals surface area contributed by atoms with Crippen LogP contribution in [-0.4, -0.2) is 38.8 Å². The fourth-order valence-electron chi connectivity index (χ4n) is 2.70. The number of H-pyrrole nitrogens is 1. The maximum Gasteiger partial charge on any atom is 0.345 e. The van der Waals surface area contributed by atoms with E-state index in [1.54, 1.807) is 17.9 Å². The first-order valence-corrected chi connectivity index (χ1v) is 6.89. The van der Waals surface area contributed by atoms with Gasteiger partial charge in [-0.15, -0.1) is 0 Å². The highest BCUT2D eigenvalue weighted by Gasteiger charge is 2.28. The molecule has 0 aliphatic carbocycles. The fraction of sp³-hybridized carbons (Fsp3) is 0.429. The molecule has 1 saturated heterocycles. The Labute approximate surface area is 121 Å². The summed E-state index contributed by atoms with van der Waals surface area (Å²) in [5.41, 5.74) is 0.826. The van der Waals surface area contributed by atoms with Gasteiger partial charge in [0, 0.05) is 30.9 Å². The zero-order valence-corrected chi connectivity index (χ0v) is 11.7. The molecule has 1 N–H and O–H groups in total. The van der Waals surface area contributed by atoms with Crippen LogP contribution in [-0.2, 0) is 0 Å². The van der Waals surface area contributed by atoms with E-state index in [9.17, 15) is 9.59 Å². The number of amides is 1. The molecule has 1 aliphatic rings. The van der Waals surface area contributed by atoms with Crippen molar-refractivity contribution in [1.29, 1.82) is 0 Å². The van der Waals surface area contributed by atoms with Gasteiger partial charge in [-0.1, -0.05) is 0 Å². The largest absolute Gasteiger partial charge is 0.448 e. The van der Waals surface area contributed by atoms with Gasteiger partial charge in [-0.2, -0.15) is 0 Å². The first kappa shape index (κ1) is 13.5. The summed E-state index contributed by atoms with van der Waals surface area (Å²) >= 11 is 0. The molecule has 1 atom stereocenters. The van der Waals surface area contributed by atoms with Crippen LogP contribution in [0.2, 0.25) is 0 Å². The molecule has 7 nitrogen and oxygen atoms in total. The van der Waals surface area contributed by atoms with Gasteiger partial charge in [0.2, 0.25) is 0 Å². The normalized spacial score (nSPS) is 18.7. The van der Waals surface area contributed by atoms with Gasteiger partial charge in [-0.05, 0) is 25.8 Å². The highest BCUT2D eigenvalue weighted by atomic mass is 16.3. The molecular formula is C14H16N4O3. The number of aromatic amines is 1. The van der Waals surface area contributed by atoms with E-state index in [2.05, 4.69) is 15.0 Å². The van der Waals surface area contributed by atoms with Gasteiger partial charge in [-0.3, -0.25) is 4.79 Å². The lowest BCUT2D eigenvalue weighted by atomic mass is 9.94. The Kier molecular flexibility index (Phi) is 3.55. The van der Waals surface area contributed by atoms with Gasteiger partial charge in [0.25, 0.3) is 5.91 Å². The van der Waals surface area contributed by atoms with Crippen molar-refractivity contribution in [2.24, 2.45) is 0 Å². The number of nitrogens with zero attached hydrogens (tertiary/aromatic N) is 3. The number of carbonyl (C=O) groups excluding carboxylic acids is 1. The van der Waals surface area contributed by atoms with Gasteiger partial charge >= 0.3 is 5.69 Å². The van der Waals surface area contributed by atoms with E-state index in [-0.39, 0.29) is 17.5 Å². The van der Waals surface area contributed by atoms with E-state index in [1.807, 2.05) is 0 Å². The number of oxazole rings is 1. The van der Waals surface area contributed by atoms with E-state index in [1.165, 1.54) is 12.6 Å². The van der Waals surface area contributed by atoms with Crippen LogP contribution in [0.25, 0.3) is 0 Å². The summed E-state index contributed by atoms with van der Waals surface area (Å²) < 4.78 is 5.09. The number of rotatable bonds is 2. The first-order chi connectivity index (χ1) is 10.1. The summed E-state index contributed by atoms with van der Waals surface area (Å²) in [5, 5.41) is 0. The van der Waals surface area contributed by atoms with E-state index >= 15 is 0 Å². The van der Waals surface area contributed by atoms with Crippen LogP contribution in [0, 0.1) is 6.92 Å². The molecule has 7 heteroatoms. The molecule has 110 valence electrons. The average molecular weight is 288 g/mol. The third-order valence-corrected chi connectivity index (χ3v) is 3.79. The quantitative estimate of drug-likeness (QED) is 0.893. The van der Waals surface area contributed by atoms with Gasteiger partial charge in [0.15, 0.2) is 12.1 Å². The zero-order chi connectivity index (χ0) is 14.8. The van der Waals surface area contributed by atoms with Crippen LogP contribution in [0.4, 0.5) is 0 Å². The number of aromatic nitrogens is 3. The average Bonchev–Trinajstić information content (AvgIpc) is 2.93. The van der Waals surface area contributed by atoms with Crippen LogP contribution < -0.4 is 5.69 Å². The minimum absolute atomic E-state index is 0.116. The van der Waals surface area contributed by atoms with Crippen molar-refractivity contribution in [2.75, 3.05) is 13.1 Å². The maximum atomic E-state index is 12.4. The highest BCUT2D eigenvalue weighted by Crippen LogP contribution is 2.26. The van der Waals surface area contributed by atoms with Crippen molar-refractivity contribution in [2.45, 2.75) is 25.7 Å². The molecular weight excluding hydrogens is 272 g/mol. The summed E-state index contributed by atoms with van der Waals surface area (Å²) in [6.45, 7) is 2.98. The van der Waals surface area contributed by atoms with Crippen LogP contribution in [0.1, 0.15) is 40.7 Å². The third-order valence-electron chi connectivity index (χ3n) is 3.79. The molecule has 3 rings (SSSR count). The summed E-state index contributed by atoms with van der Waals surface area (Å²) in [5.74, 6) is 0.521. The topological polar surface area (TPSA) is 92.1 Å². The number of hydrogen-bond acceptors (Lipinski definition) is 5. The molecule has 0 aromatic carbocycles. The Balaban J connectivity index is 1.79. The van der Waals surface area contributed by atoms with E-state index in [4.69, 9.17) is 4.42 Å². The molecule has 0 unspecified atom stereocenters. The number of likely N-dealkylation sites (tertiary alicyclic amines) is 1. The predicted octanol–water partition coefficient (Wildman–Crippen LogP) is 1.09. The van der Waals surface area contributed by atoms with Crippen molar-refractivity contribution in [3.05, 3.63) is 46.3 Å². The fourth-order valence-corrected chi connectivity index (χ4v) is 2.70.